The second kappa shape index (κ2) is 9.58. The highest BCUT2D eigenvalue weighted by Crippen LogP contribution is 2.18. The van der Waals surface area contributed by atoms with Crippen molar-refractivity contribution in [1.82, 2.24) is 9.62 Å². The third kappa shape index (κ3) is 6.45. The van der Waals surface area contributed by atoms with E-state index < -0.39 is 15.8 Å². The molecule has 136 valence electrons. The van der Waals surface area contributed by atoms with Crippen LogP contribution in [-0.4, -0.2) is 51.6 Å². The molecule has 8 heteroatoms. The Balaban J connectivity index is 2.29. The quantitative estimate of drug-likeness (QED) is 0.643. The maximum absolute atomic E-state index is 13.5. The zero-order valence-corrected chi connectivity index (χ0v) is 15.2. The van der Waals surface area contributed by atoms with E-state index in [1.807, 2.05) is 0 Å². The molecule has 24 heavy (non-hydrogen) atoms. The van der Waals surface area contributed by atoms with Gasteiger partial charge in [0.25, 0.3) is 0 Å². The first-order valence-electron chi connectivity index (χ1n) is 7.83. The van der Waals surface area contributed by atoms with Gasteiger partial charge < -0.3 is 10.1 Å². The predicted molar refractivity (Wildman–Crippen MR) is 91.0 cm³/mol. The van der Waals surface area contributed by atoms with Gasteiger partial charge in [-0.1, -0.05) is 6.07 Å². The first-order chi connectivity index (χ1) is 11.3. The summed E-state index contributed by atoms with van der Waals surface area (Å²) in [5, 5.41) is 2.74. The molecule has 6 nitrogen and oxygen atoms in total. The third-order valence-electron chi connectivity index (χ3n) is 3.67. The summed E-state index contributed by atoms with van der Waals surface area (Å²) in [4.78, 5) is 11.8. The van der Waals surface area contributed by atoms with Crippen LogP contribution in [0.1, 0.15) is 25.3 Å². The molecule has 1 aromatic carbocycles. The van der Waals surface area contributed by atoms with Gasteiger partial charge >= 0.3 is 0 Å². The Labute approximate surface area is 143 Å². The van der Waals surface area contributed by atoms with Crippen molar-refractivity contribution in [3.63, 3.8) is 0 Å². The number of nitrogens with zero attached hydrogens (tertiary/aromatic N) is 1. The minimum absolute atomic E-state index is 0.0638. The zero-order valence-electron chi connectivity index (χ0n) is 14.3. The van der Waals surface area contributed by atoms with Gasteiger partial charge in [0.05, 0.1) is 12.9 Å². The number of aryl methyl sites for hydroxylation is 1. The molecule has 0 saturated carbocycles. The highest BCUT2D eigenvalue weighted by Gasteiger charge is 2.14. The van der Waals surface area contributed by atoms with Crippen LogP contribution >= 0.6 is 0 Å². The summed E-state index contributed by atoms with van der Waals surface area (Å²) in [7, 11) is -0.256. The Morgan fingerprint density at radius 1 is 1.38 bits per heavy atom. The number of sulfonamides is 1. The molecule has 0 aliphatic carbocycles. The van der Waals surface area contributed by atoms with E-state index in [4.69, 9.17) is 4.74 Å². The fraction of sp³-hybridized carbons (Fsp3) is 0.562. The Morgan fingerprint density at radius 3 is 2.67 bits per heavy atom. The number of hydrogen-bond acceptors (Lipinski definition) is 4. The summed E-state index contributed by atoms with van der Waals surface area (Å²) < 4.78 is 42.8. The Hall–Kier alpha value is -1.67. The van der Waals surface area contributed by atoms with Crippen LogP contribution in [0.4, 0.5) is 4.39 Å². The summed E-state index contributed by atoms with van der Waals surface area (Å²) in [6.45, 7) is 2.36. The second-order valence-electron chi connectivity index (χ2n) is 5.39. The molecule has 1 rings (SSSR count). The molecule has 0 unspecified atom stereocenters. The lowest BCUT2D eigenvalue weighted by molar-refractivity contribution is -0.121. The number of carbonyl (C=O) groups excluding carboxylic acids is 1. The summed E-state index contributed by atoms with van der Waals surface area (Å²) in [5.41, 5.74) is 0.720. The normalized spacial score (nSPS) is 11.5. The number of methoxy groups -OCH3 is 1. The highest BCUT2D eigenvalue weighted by molar-refractivity contribution is 7.89. The monoisotopic (exact) mass is 360 g/mol. The molecular formula is C16H25FN2O4S. The van der Waals surface area contributed by atoms with E-state index in [2.05, 4.69) is 5.32 Å². The molecule has 0 aliphatic heterocycles. The minimum Gasteiger partial charge on any atom is -0.494 e. The van der Waals surface area contributed by atoms with E-state index in [0.717, 1.165) is 5.56 Å². The SMILES string of the molecule is CCS(=O)(=O)N(C)CCCNC(=O)CCc1ccc(OC)c(F)c1. The molecule has 0 atom stereocenters. The van der Waals surface area contributed by atoms with Gasteiger partial charge in [-0.2, -0.15) is 0 Å². The van der Waals surface area contributed by atoms with E-state index in [9.17, 15) is 17.6 Å². The number of nitrogens with one attached hydrogen (secondary N) is 1. The van der Waals surface area contributed by atoms with Gasteiger partial charge in [-0.05, 0) is 37.5 Å². The van der Waals surface area contributed by atoms with E-state index in [1.165, 1.54) is 30.6 Å². The van der Waals surface area contributed by atoms with E-state index in [0.29, 0.717) is 25.9 Å². The summed E-state index contributed by atoms with van der Waals surface area (Å²) in [6, 6.07) is 4.61. The average Bonchev–Trinajstić information content (AvgIpc) is 2.56. The summed E-state index contributed by atoms with van der Waals surface area (Å²) >= 11 is 0. The lowest BCUT2D eigenvalue weighted by Crippen LogP contribution is -2.32. The smallest absolute Gasteiger partial charge is 0.220 e. The van der Waals surface area contributed by atoms with Crippen LogP contribution in [0, 0.1) is 5.82 Å². The summed E-state index contributed by atoms with van der Waals surface area (Å²) in [5.74, 6) is -0.356. The molecule has 0 bridgehead atoms. The number of benzene rings is 1. The minimum atomic E-state index is -3.18. The number of halogens is 1. The maximum Gasteiger partial charge on any atom is 0.220 e. The highest BCUT2D eigenvalue weighted by atomic mass is 32.2. The molecular weight excluding hydrogens is 335 g/mol. The molecule has 0 spiro atoms. The van der Waals surface area contributed by atoms with Crippen molar-refractivity contribution in [2.45, 2.75) is 26.2 Å². The molecule has 1 amide bonds. The first kappa shape index (κ1) is 20.4. The van der Waals surface area contributed by atoms with Gasteiger partial charge in [0.2, 0.25) is 15.9 Å². The number of rotatable bonds is 10. The van der Waals surface area contributed by atoms with Crippen LogP contribution < -0.4 is 10.1 Å². The van der Waals surface area contributed by atoms with Crippen molar-refractivity contribution >= 4 is 15.9 Å². The average molecular weight is 360 g/mol. The van der Waals surface area contributed by atoms with E-state index in [1.54, 1.807) is 13.0 Å². The zero-order chi connectivity index (χ0) is 18.2. The maximum atomic E-state index is 13.5. The van der Waals surface area contributed by atoms with Crippen molar-refractivity contribution in [2.75, 3.05) is 33.0 Å². The molecule has 0 radical (unpaired) electrons. The standard InChI is InChI=1S/C16H25FN2O4S/c1-4-24(21,22)19(2)11-5-10-18-16(20)9-7-13-6-8-15(23-3)14(17)12-13/h6,8,12H,4-5,7,9-11H2,1-3H3,(H,18,20). The van der Waals surface area contributed by atoms with Crippen molar-refractivity contribution in [1.29, 1.82) is 0 Å². The molecule has 0 heterocycles. The molecule has 0 fully saturated rings. The first-order valence-corrected chi connectivity index (χ1v) is 9.44. The van der Waals surface area contributed by atoms with E-state index >= 15 is 0 Å². The fourth-order valence-corrected chi connectivity index (χ4v) is 2.95. The van der Waals surface area contributed by atoms with Crippen LogP contribution in [0.25, 0.3) is 0 Å². The van der Waals surface area contributed by atoms with Crippen molar-refractivity contribution in [3.8, 4) is 5.75 Å². The van der Waals surface area contributed by atoms with Gasteiger partial charge in [-0.15, -0.1) is 0 Å². The number of carbonyl (C=O) groups is 1. The Morgan fingerprint density at radius 2 is 2.08 bits per heavy atom. The molecule has 1 N–H and O–H groups in total. The van der Waals surface area contributed by atoms with Gasteiger partial charge in [0, 0.05) is 26.6 Å². The van der Waals surface area contributed by atoms with Gasteiger partial charge in [-0.3, -0.25) is 4.79 Å². The number of amides is 1. The molecule has 0 aliphatic rings. The topological polar surface area (TPSA) is 75.7 Å². The van der Waals surface area contributed by atoms with Crippen LogP contribution in [0.2, 0.25) is 0 Å². The molecule has 0 saturated heterocycles. The largest absolute Gasteiger partial charge is 0.494 e. The number of ether oxygens (including phenoxy) is 1. The number of hydrogen-bond donors (Lipinski definition) is 1. The lowest BCUT2D eigenvalue weighted by atomic mass is 10.1. The van der Waals surface area contributed by atoms with Gasteiger partial charge in [0.15, 0.2) is 11.6 Å². The second-order valence-corrected chi connectivity index (χ2v) is 7.76. The Kier molecular flexibility index (Phi) is 8.14. The molecule has 0 aromatic heterocycles. The fourth-order valence-electron chi connectivity index (χ4n) is 2.10. The van der Waals surface area contributed by atoms with E-state index in [-0.39, 0.29) is 23.8 Å². The van der Waals surface area contributed by atoms with Crippen LogP contribution in [0.15, 0.2) is 18.2 Å². The van der Waals surface area contributed by atoms with Crippen LogP contribution in [-0.2, 0) is 21.2 Å². The lowest BCUT2D eigenvalue weighted by Gasteiger charge is -2.15. The van der Waals surface area contributed by atoms with Crippen molar-refractivity contribution in [3.05, 3.63) is 29.6 Å². The third-order valence-corrected chi connectivity index (χ3v) is 5.53. The van der Waals surface area contributed by atoms with Gasteiger partial charge in [-0.25, -0.2) is 17.1 Å². The van der Waals surface area contributed by atoms with Crippen molar-refractivity contribution in [2.24, 2.45) is 0 Å². The Bertz CT molecular complexity index is 649. The molecule has 1 aromatic rings. The van der Waals surface area contributed by atoms with Crippen LogP contribution in [0.3, 0.4) is 0 Å². The summed E-state index contributed by atoms with van der Waals surface area (Å²) in [6.07, 6.45) is 1.21. The van der Waals surface area contributed by atoms with Crippen molar-refractivity contribution < 1.29 is 22.3 Å². The van der Waals surface area contributed by atoms with Gasteiger partial charge in [0.1, 0.15) is 0 Å². The predicted octanol–water partition coefficient (Wildman–Crippen LogP) is 1.55. The van der Waals surface area contributed by atoms with Crippen LogP contribution in [0.5, 0.6) is 5.75 Å².